The van der Waals surface area contributed by atoms with Crippen LogP contribution in [0.3, 0.4) is 0 Å². The van der Waals surface area contributed by atoms with Gasteiger partial charge in [0.15, 0.2) is 0 Å². The van der Waals surface area contributed by atoms with Crippen molar-refractivity contribution in [3.05, 3.63) is 136 Å². The molecule has 5 aromatic rings. The van der Waals surface area contributed by atoms with Crippen LogP contribution in [0.1, 0.15) is 39.7 Å². The highest BCUT2D eigenvalue weighted by Crippen LogP contribution is 2.39. The van der Waals surface area contributed by atoms with Gasteiger partial charge in [0.1, 0.15) is 5.82 Å². The molecular formula is C31H28ClN5O. The molecule has 1 aliphatic rings. The Morgan fingerprint density at radius 1 is 0.974 bits per heavy atom. The molecule has 0 saturated heterocycles. The Morgan fingerprint density at radius 2 is 1.76 bits per heavy atom. The summed E-state index contributed by atoms with van der Waals surface area (Å²) in [6, 6.07) is 29.6. The highest BCUT2D eigenvalue weighted by molar-refractivity contribution is 6.30. The summed E-state index contributed by atoms with van der Waals surface area (Å²) in [6.07, 6.45) is 2.04. The molecule has 0 aliphatic carbocycles. The van der Waals surface area contributed by atoms with Gasteiger partial charge in [0, 0.05) is 23.3 Å². The Kier molecular flexibility index (Phi) is 6.26. The zero-order chi connectivity index (χ0) is 26.2. The van der Waals surface area contributed by atoms with Crippen molar-refractivity contribution in [1.82, 2.24) is 24.6 Å². The molecule has 1 unspecified atom stereocenters. The van der Waals surface area contributed by atoms with E-state index in [4.69, 9.17) is 16.7 Å². The molecule has 0 spiro atoms. The van der Waals surface area contributed by atoms with Crippen LogP contribution in [0, 0.1) is 13.8 Å². The van der Waals surface area contributed by atoms with E-state index in [0.717, 1.165) is 39.6 Å². The molecule has 3 heterocycles. The molecule has 1 N–H and O–H groups in total. The van der Waals surface area contributed by atoms with Crippen LogP contribution in [0.4, 0.5) is 4.79 Å². The number of carbonyl (C=O) groups excluding carboxylic acids is 1. The minimum absolute atomic E-state index is 0.150. The van der Waals surface area contributed by atoms with Gasteiger partial charge in [0.2, 0.25) is 0 Å². The van der Waals surface area contributed by atoms with Crippen molar-refractivity contribution < 1.29 is 4.79 Å². The first kappa shape index (κ1) is 24.1. The Balaban J connectivity index is 1.47. The standard InChI is InChI=1S/C31H28ClN5O/c1-21-13-15-23(16-14-21)19-33-31(38)36-20-27-22(2)34-37(26-10-4-3-5-11-26)30(27)35-17-7-12-28(35)29(36)24-8-6-9-25(32)18-24/h3-18,29H,19-20H2,1-2H3,(H,33,38). The van der Waals surface area contributed by atoms with Crippen molar-refractivity contribution in [3.8, 4) is 11.5 Å². The summed E-state index contributed by atoms with van der Waals surface area (Å²) in [5, 5.41) is 8.70. The summed E-state index contributed by atoms with van der Waals surface area (Å²) in [5.41, 5.74) is 7.00. The number of nitrogens with one attached hydrogen (secondary N) is 1. The topological polar surface area (TPSA) is 55.1 Å². The van der Waals surface area contributed by atoms with Crippen LogP contribution in [-0.2, 0) is 13.1 Å². The van der Waals surface area contributed by atoms with Crippen molar-refractivity contribution in [2.24, 2.45) is 0 Å². The summed E-state index contributed by atoms with van der Waals surface area (Å²) in [7, 11) is 0. The molecule has 6 nitrogen and oxygen atoms in total. The Morgan fingerprint density at radius 3 is 2.53 bits per heavy atom. The first-order valence-electron chi connectivity index (χ1n) is 12.7. The van der Waals surface area contributed by atoms with E-state index in [2.05, 4.69) is 35.0 Å². The second kappa shape index (κ2) is 9.88. The van der Waals surface area contributed by atoms with Crippen LogP contribution in [0.5, 0.6) is 0 Å². The lowest BCUT2D eigenvalue weighted by atomic mass is 10.0. The lowest BCUT2D eigenvalue weighted by molar-refractivity contribution is 0.180. The lowest BCUT2D eigenvalue weighted by Crippen LogP contribution is -2.41. The first-order chi connectivity index (χ1) is 18.5. The molecule has 0 fully saturated rings. The summed E-state index contributed by atoms with van der Waals surface area (Å²) in [6.45, 7) is 4.89. The van der Waals surface area contributed by atoms with Crippen LogP contribution in [0.2, 0.25) is 5.02 Å². The number of urea groups is 1. The maximum atomic E-state index is 13.9. The van der Waals surface area contributed by atoms with E-state index in [1.54, 1.807) is 0 Å². The smallest absolute Gasteiger partial charge is 0.318 e. The van der Waals surface area contributed by atoms with Crippen molar-refractivity contribution >= 4 is 17.6 Å². The number of carbonyl (C=O) groups is 1. The number of hydrogen-bond donors (Lipinski definition) is 1. The third kappa shape index (κ3) is 4.37. The molecule has 2 amide bonds. The number of amides is 2. The molecule has 0 saturated carbocycles. The minimum Gasteiger partial charge on any atom is -0.334 e. The largest absolute Gasteiger partial charge is 0.334 e. The fourth-order valence-electron chi connectivity index (χ4n) is 5.16. The predicted molar refractivity (Wildman–Crippen MR) is 150 cm³/mol. The van der Waals surface area contributed by atoms with Gasteiger partial charge in [-0.3, -0.25) is 0 Å². The van der Waals surface area contributed by atoms with Gasteiger partial charge in [0.05, 0.1) is 29.7 Å². The second-order valence-electron chi connectivity index (χ2n) is 9.67. The maximum absolute atomic E-state index is 13.9. The number of fused-ring (bicyclic) bond motifs is 3. The number of para-hydroxylation sites is 1. The monoisotopic (exact) mass is 521 g/mol. The summed E-state index contributed by atoms with van der Waals surface area (Å²) in [4.78, 5) is 15.8. The third-order valence-corrected chi connectivity index (χ3v) is 7.31. The van der Waals surface area contributed by atoms with Gasteiger partial charge in [-0.15, -0.1) is 0 Å². The maximum Gasteiger partial charge on any atom is 0.318 e. The molecule has 7 heteroatoms. The molecule has 38 heavy (non-hydrogen) atoms. The van der Waals surface area contributed by atoms with E-state index < -0.39 is 0 Å². The number of hydrogen-bond acceptors (Lipinski definition) is 2. The van der Waals surface area contributed by atoms with Gasteiger partial charge < -0.3 is 14.8 Å². The van der Waals surface area contributed by atoms with Gasteiger partial charge in [-0.1, -0.05) is 71.8 Å². The number of rotatable bonds is 4. The Bertz CT molecular complexity index is 1600. The van der Waals surface area contributed by atoms with Gasteiger partial charge in [-0.2, -0.15) is 5.10 Å². The van der Waals surface area contributed by atoms with Crippen LogP contribution in [0.25, 0.3) is 11.5 Å². The zero-order valence-electron chi connectivity index (χ0n) is 21.3. The van der Waals surface area contributed by atoms with Crippen LogP contribution in [-0.4, -0.2) is 25.3 Å². The predicted octanol–water partition coefficient (Wildman–Crippen LogP) is 6.75. The van der Waals surface area contributed by atoms with Gasteiger partial charge >= 0.3 is 6.03 Å². The zero-order valence-corrected chi connectivity index (χ0v) is 22.1. The first-order valence-corrected chi connectivity index (χ1v) is 13.0. The average molecular weight is 522 g/mol. The van der Waals surface area contributed by atoms with Gasteiger partial charge in [0.25, 0.3) is 0 Å². The fourth-order valence-corrected chi connectivity index (χ4v) is 5.36. The van der Waals surface area contributed by atoms with Gasteiger partial charge in [-0.05, 0) is 61.4 Å². The molecule has 2 aromatic heterocycles. The van der Waals surface area contributed by atoms with Crippen LogP contribution in [0.15, 0.2) is 97.2 Å². The summed E-state index contributed by atoms with van der Waals surface area (Å²) < 4.78 is 4.12. The van der Waals surface area contributed by atoms with E-state index in [9.17, 15) is 4.79 Å². The molecule has 3 aromatic carbocycles. The van der Waals surface area contributed by atoms with Crippen molar-refractivity contribution in [2.75, 3.05) is 0 Å². The number of benzene rings is 3. The molecular weight excluding hydrogens is 494 g/mol. The normalized spacial score (nSPS) is 14.5. The number of halogens is 1. The van der Waals surface area contributed by atoms with Crippen LogP contribution >= 0.6 is 11.6 Å². The Labute approximate surface area is 227 Å². The van der Waals surface area contributed by atoms with E-state index in [1.807, 2.05) is 95.5 Å². The van der Waals surface area contributed by atoms with E-state index in [0.29, 0.717) is 18.1 Å². The summed E-state index contributed by atoms with van der Waals surface area (Å²) in [5.74, 6) is 0.939. The van der Waals surface area contributed by atoms with E-state index >= 15 is 0 Å². The summed E-state index contributed by atoms with van der Waals surface area (Å²) >= 11 is 6.45. The minimum atomic E-state index is -0.349. The SMILES string of the molecule is Cc1ccc(CNC(=O)N2Cc3c(C)nn(-c4ccccc4)c3-n3cccc3C2c2cccc(Cl)c2)cc1. The quantitative estimate of drug-likeness (QED) is 0.284. The van der Waals surface area contributed by atoms with Gasteiger partial charge in [-0.25, -0.2) is 9.48 Å². The molecule has 190 valence electrons. The highest BCUT2D eigenvalue weighted by Gasteiger charge is 2.36. The molecule has 0 bridgehead atoms. The van der Waals surface area contributed by atoms with Crippen LogP contribution < -0.4 is 5.32 Å². The van der Waals surface area contributed by atoms with E-state index in [-0.39, 0.29) is 12.1 Å². The van der Waals surface area contributed by atoms with Crippen molar-refractivity contribution in [3.63, 3.8) is 0 Å². The number of aryl methyl sites for hydroxylation is 2. The Hall–Kier alpha value is -4.29. The highest BCUT2D eigenvalue weighted by atomic mass is 35.5. The second-order valence-corrected chi connectivity index (χ2v) is 10.1. The molecule has 6 rings (SSSR count). The fraction of sp³-hybridized carbons (Fsp3) is 0.161. The number of nitrogens with zero attached hydrogens (tertiary/aromatic N) is 4. The molecule has 1 atom stereocenters. The molecule has 1 aliphatic heterocycles. The third-order valence-electron chi connectivity index (χ3n) is 7.08. The molecule has 0 radical (unpaired) electrons. The van der Waals surface area contributed by atoms with E-state index in [1.165, 1.54) is 5.56 Å². The average Bonchev–Trinajstić information content (AvgIpc) is 3.49. The lowest BCUT2D eigenvalue weighted by Gasteiger charge is -2.31. The number of aromatic nitrogens is 3. The van der Waals surface area contributed by atoms with Crippen molar-refractivity contribution in [1.29, 1.82) is 0 Å². The van der Waals surface area contributed by atoms with Crippen molar-refractivity contribution in [2.45, 2.75) is 33.0 Å².